The Balaban J connectivity index is 1.48. The molecule has 3 N–H and O–H groups in total. The number of aromatic nitrogens is 1. The fraction of sp³-hybridized carbons (Fsp3) is 0.321. The lowest BCUT2D eigenvalue weighted by atomic mass is 10.0. The number of ether oxygens (including phenoxy) is 3. The van der Waals surface area contributed by atoms with Gasteiger partial charge in [0, 0.05) is 35.6 Å². The van der Waals surface area contributed by atoms with Crippen molar-refractivity contribution in [2.24, 2.45) is 0 Å². The highest BCUT2D eigenvalue weighted by atomic mass is 32.2. The van der Waals surface area contributed by atoms with Crippen LogP contribution in [0.1, 0.15) is 42.4 Å². The Bertz CT molecular complexity index is 1260. The van der Waals surface area contributed by atoms with Crippen molar-refractivity contribution in [3.8, 4) is 0 Å². The van der Waals surface area contributed by atoms with Gasteiger partial charge in [0.05, 0.1) is 25.4 Å². The van der Waals surface area contributed by atoms with Crippen molar-refractivity contribution in [1.29, 1.82) is 0 Å². The molecule has 10 nitrogen and oxygen atoms in total. The Hall–Kier alpha value is -3.64. The first-order chi connectivity index (χ1) is 18.9. The summed E-state index contributed by atoms with van der Waals surface area (Å²) in [4.78, 5) is 23.8. The van der Waals surface area contributed by atoms with Gasteiger partial charge in [-0.15, -0.1) is 0 Å². The van der Waals surface area contributed by atoms with Gasteiger partial charge in [0.2, 0.25) is 0 Å². The average molecular weight is 554 g/mol. The van der Waals surface area contributed by atoms with E-state index in [1.165, 1.54) is 18.0 Å². The van der Waals surface area contributed by atoms with E-state index in [9.17, 15) is 19.9 Å². The normalized spacial score (nSPS) is 18.8. The maximum Gasteiger partial charge on any atom is 0.325 e. The molecular formula is C28H31N3O7S. The van der Waals surface area contributed by atoms with Crippen molar-refractivity contribution in [1.82, 2.24) is 5.32 Å². The number of hydrogen-bond acceptors (Lipinski definition) is 8. The Morgan fingerprint density at radius 3 is 2.67 bits per heavy atom. The molecule has 2 aromatic carbocycles. The maximum atomic E-state index is 12.3. The second-order valence-electron chi connectivity index (χ2n) is 8.76. The monoisotopic (exact) mass is 553 g/mol. The molecule has 1 aromatic heterocycles. The lowest BCUT2D eigenvalue weighted by molar-refractivity contribution is -0.645. The Labute approximate surface area is 230 Å². The van der Waals surface area contributed by atoms with Gasteiger partial charge in [-0.3, -0.25) is 4.79 Å². The van der Waals surface area contributed by atoms with Crippen molar-refractivity contribution in [2.45, 2.75) is 43.5 Å². The number of carbonyl (C=O) groups is 2. The molecule has 0 bridgehead atoms. The predicted octanol–water partition coefficient (Wildman–Crippen LogP) is 3.83. The smallest absolute Gasteiger partial charge is 0.325 e. The molecule has 1 aliphatic rings. The molecule has 2 heterocycles. The SMILES string of the molecule is CCOC(=O)CNC(=O)Nc1cccc([C@@H]2O[C@H](CSc3cccc[n+]3[O-])C[C@H](c3ccc(CO)cc3)O2)c1. The van der Waals surface area contributed by atoms with Crippen LogP contribution in [0, 0.1) is 5.21 Å². The zero-order valence-corrected chi connectivity index (χ0v) is 22.3. The second kappa shape index (κ2) is 13.9. The fourth-order valence-corrected chi connectivity index (χ4v) is 4.96. The number of pyridine rings is 1. The summed E-state index contributed by atoms with van der Waals surface area (Å²) in [5.41, 5.74) is 2.95. The topological polar surface area (TPSA) is 133 Å². The number of rotatable bonds is 10. The molecule has 0 unspecified atom stereocenters. The van der Waals surface area contributed by atoms with E-state index >= 15 is 0 Å². The molecule has 206 valence electrons. The van der Waals surface area contributed by atoms with E-state index in [0.717, 1.165) is 15.9 Å². The summed E-state index contributed by atoms with van der Waals surface area (Å²) in [6, 6.07) is 19.4. The van der Waals surface area contributed by atoms with Crippen molar-refractivity contribution in [2.75, 3.05) is 24.2 Å². The van der Waals surface area contributed by atoms with Gasteiger partial charge in [0.1, 0.15) is 6.54 Å². The number of aliphatic hydroxyl groups excluding tert-OH is 1. The van der Waals surface area contributed by atoms with Crippen LogP contribution < -0.4 is 15.4 Å². The van der Waals surface area contributed by atoms with Crippen LogP contribution in [0.5, 0.6) is 0 Å². The molecule has 11 heteroatoms. The zero-order chi connectivity index (χ0) is 27.6. The van der Waals surface area contributed by atoms with Gasteiger partial charge in [-0.05, 0) is 36.2 Å². The highest BCUT2D eigenvalue weighted by Gasteiger charge is 2.33. The minimum Gasteiger partial charge on any atom is -0.618 e. The number of carbonyl (C=O) groups excluding carboxylic acids is 2. The van der Waals surface area contributed by atoms with Gasteiger partial charge >= 0.3 is 12.0 Å². The lowest BCUT2D eigenvalue weighted by Gasteiger charge is -2.36. The van der Waals surface area contributed by atoms with Crippen LogP contribution in [0.3, 0.4) is 0 Å². The number of anilines is 1. The standard InChI is InChI=1S/C28H31N3O7S/c1-2-36-26(33)16-29-28(34)30-22-7-5-6-21(14-22)27-37-23(18-39-25-8-3-4-13-31(25)35)15-24(38-27)20-11-9-19(17-32)10-12-20/h3-14,23-24,27,32H,2,15-18H2,1H3,(H2,29,30,34)/t23-,24+,27+/m0/s1. The van der Waals surface area contributed by atoms with E-state index < -0.39 is 18.3 Å². The number of urea groups is 1. The first kappa shape index (κ1) is 28.4. The Morgan fingerprint density at radius 1 is 1.10 bits per heavy atom. The summed E-state index contributed by atoms with van der Waals surface area (Å²) in [5, 5.41) is 27.3. The van der Waals surface area contributed by atoms with Crippen LogP contribution in [0.2, 0.25) is 0 Å². The van der Waals surface area contributed by atoms with Crippen molar-refractivity contribution >= 4 is 29.4 Å². The number of hydrogen-bond donors (Lipinski definition) is 3. The molecule has 0 aliphatic carbocycles. The molecule has 1 fully saturated rings. The summed E-state index contributed by atoms with van der Waals surface area (Å²) in [6.45, 7) is 1.64. The highest BCUT2D eigenvalue weighted by molar-refractivity contribution is 7.99. The predicted molar refractivity (Wildman–Crippen MR) is 145 cm³/mol. The van der Waals surface area contributed by atoms with Crippen LogP contribution in [-0.4, -0.2) is 42.1 Å². The molecule has 1 saturated heterocycles. The largest absolute Gasteiger partial charge is 0.618 e. The van der Waals surface area contributed by atoms with E-state index in [2.05, 4.69) is 10.6 Å². The first-order valence-corrected chi connectivity index (χ1v) is 13.6. The summed E-state index contributed by atoms with van der Waals surface area (Å²) >= 11 is 1.41. The average Bonchev–Trinajstić information content (AvgIpc) is 2.96. The minimum absolute atomic E-state index is 0.0454. The third-order valence-corrected chi connectivity index (χ3v) is 7.09. The highest BCUT2D eigenvalue weighted by Crippen LogP contribution is 2.39. The number of amides is 2. The van der Waals surface area contributed by atoms with E-state index in [-0.39, 0.29) is 32.0 Å². The fourth-order valence-electron chi connectivity index (χ4n) is 4.03. The first-order valence-electron chi connectivity index (χ1n) is 12.6. The number of benzene rings is 2. The summed E-state index contributed by atoms with van der Waals surface area (Å²) in [7, 11) is 0. The quantitative estimate of drug-likeness (QED) is 0.149. The number of thioether (sulfide) groups is 1. The molecule has 1 aliphatic heterocycles. The number of aliphatic hydroxyl groups is 1. The Kier molecular flexibility index (Phi) is 10.1. The van der Waals surface area contributed by atoms with E-state index in [1.807, 2.05) is 36.4 Å². The maximum absolute atomic E-state index is 12.3. The lowest BCUT2D eigenvalue weighted by Crippen LogP contribution is -2.34. The second-order valence-corrected chi connectivity index (χ2v) is 9.80. The van der Waals surface area contributed by atoms with Crippen molar-refractivity contribution in [3.63, 3.8) is 0 Å². The van der Waals surface area contributed by atoms with E-state index in [0.29, 0.717) is 28.5 Å². The molecule has 0 saturated carbocycles. The van der Waals surface area contributed by atoms with Crippen molar-refractivity contribution in [3.05, 3.63) is 94.8 Å². The molecule has 39 heavy (non-hydrogen) atoms. The van der Waals surface area contributed by atoms with Crippen molar-refractivity contribution < 1.29 is 33.6 Å². The third-order valence-electron chi connectivity index (χ3n) is 5.94. The molecule has 0 spiro atoms. The summed E-state index contributed by atoms with van der Waals surface area (Å²) in [5.74, 6) is 0.0105. The van der Waals surface area contributed by atoms with Gasteiger partial charge in [0.25, 0.3) is 5.03 Å². The molecule has 3 aromatic rings. The minimum atomic E-state index is -0.730. The molecule has 4 rings (SSSR count). The Morgan fingerprint density at radius 2 is 1.92 bits per heavy atom. The zero-order valence-electron chi connectivity index (χ0n) is 21.4. The van der Waals surface area contributed by atoms with Crippen LogP contribution in [0.4, 0.5) is 10.5 Å². The molecule has 3 atom stereocenters. The van der Waals surface area contributed by atoms with Crippen LogP contribution in [0.15, 0.2) is 78.0 Å². The molecular weight excluding hydrogens is 522 g/mol. The van der Waals surface area contributed by atoms with Crippen LogP contribution in [0.25, 0.3) is 0 Å². The number of esters is 1. The van der Waals surface area contributed by atoms with Crippen LogP contribution >= 0.6 is 11.8 Å². The van der Waals surface area contributed by atoms with Gasteiger partial charge in [-0.1, -0.05) is 48.2 Å². The van der Waals surface area contributed by atoms with E-state index in [4.69, 9.17) is 14.2 Å². The van der Waals surface area contributed by atoms with Gasteiger partial charge in [-0.25, -0.2) is 4.79 Å². The molecule has 0 radical (unpaired) electrons. The van der Waals surface area contributed by atoms with Gasteiger partial charge in [-0.2, -0.15) is 4.73 Å². The third kappa shape index (κ3) is 8.17. The number of nitrogens with zero attached hydrogens (tertiary/aromatic N) is 1. The van der Waals surface area contributed by atoms with Gasteiger partial charge < -0.3 is 35.2 Å². The number of nitrogens with one attached hydrogen (secondary N) is 2. The molecule has 2 amide bonds. The van der Waals surface area contributed by atoms with E-state index in [1.54, 1.807) is 37.3 Å². The van der Waals surface area contributed by atoms with Gasteiger partial charge in [0.15, 0.2) is 12.5 Å². The summed E-state index contributed by atoms with van der Waals surface area (Å²) < 4.78 is 18.3. The summed E-state index contributed by atoms with van der Waals surface area (Å²) in [6.07, 6.45) is 0.777. The van der Waals surface area contributed by atoms with Crippen LogP contribution in [-0.2, 0) is 25.6 Å².